The highest BCUT2D eigenvalue weighted by Gasteiger charge is 2.26. The highest BCUT2D eigenvalue weighted by Crippen LogP contribution is 2.31. The van der Waals surface area contributed by atoms with Crippen LogP contribution in [0.4, 0.5) is 0 Å². The number of benzene rings is 1. The lowest BCUT2D eigenvalue weighted by Crippen LogP contribution is -2.19. The summed E-state index contributed by atoms with van der Waals surface area (Å²) in [6, 6.07) is 8.42. The first-order valence-corrected chi connectivity index (χ1v) is 5.87. The molecule has 0 saturated carbocycles. The van der Waals surface area contributed by atoms with Gasteiger partial charge in [0.2, 0.25) is 0 Å². The van der Waals surface area contributed by atoms with Crippen molar-refractivity contribution < 1.29 is 4.74 Å². The summed E-state index contributed by atoms with van der Waals surface area (Å²) in [5, 5.41) is 3.41. The maximum Gasteiger partial charge on any atom is 0.123 e. The molecule has 1 N–H and O–H groups in total. The Morgan fingerprint density at radius 3 is 3.07 bits per heavy atom. The highest BCUT2D eigenvalue weighted by molar-refractivity contribution is 5.37. The van der Waals surface area contributed by atoms with Crippen molar-refractivity contribution in [1.29, 1.82) is 0 Å². The first-order valence-electron chi connectivity index (χ1n) is 5.87. The van der Waals surface area contributed by atoms with Gasteiger partial charge in [0.25, 0.3) is 0 Å². The molecule has 0 spiro atoms. The normalized spacial score (nSPS) is 28.8. The summed E-state index contributed by atoms with van der Waals surface area (Å²) < 4.78 is 5.94. The van der Waals surface area contributed by atoms with Gasteiger partial charge in [0.15, 0.2) is 0 Å². The van der Waals surface area contributed by atoms with Gasteiger partial charge in [-0.3, -0.25) is 0 Å². The summed E-state index contributed by atoms with van der Waals surface area (Å²) in [5.41, 5.74) is 1.38. The molecule has 15 heavy (non-hydrogen) atoms. The Labute approximate surface area is 90.6 Å². The molecule has 2 aliphatic heterocycles. The van der Waals surface area contributed by atoms with E-state index in [1.807, 2.05) is 0 Å². The lowest BCUT2D eigenvalue weighted by Gasteiger charge is -2.14. The first kappa shape index (κ1) is 9.22. The quantitative estimate of drug-likeness (QED) is 0.793. The number of nitrogens with one attached hydrogen (secondary N) is 1. The van der Waals surface area contributed by atoms with E-state index in [1.54, 1.807) is 0 Å². The maximum atomic E-state index is 5.94. The second kappa shape index (κ2) is 3.86. The third-order valence-electron chi connectivity index (χ3n) is 3.47. The van der Waals surface area contributed by atoms with Crippen LogP contribution in [0.2, 0.25) is 0 Å². The van der Waals surface area contributed by atoms with Crippen molar-refractivity contribution >= 4 is 0 Å². The molecule has 0 aliphatic carbocycles. The number of hydrogen-bond donors (Lipinski definition) is 1. The van der Waals surface area contributed by atoms with E-state index in [0.717, 1.165) is 18.1 Å². The lowest BCUT2D eigenvalue weighted by atomic mass is 9.98. The van der Waals surface area contributed by atoms with E-state index in [2.05, 4.69) is 29.6 Å². The lowest BCUT2D eigenvalue weighted by molar-refractivity contribution is 0.198. The minimum Gasteiger partial charge on any atom is -0.490 e. The zero-order valence-corrected chi connectivity index (χ0v) is 8.91. The van der Waals surface area contributed by atoms with Crippen LogP contribution >= 0.6 is 0 Å². The average molecular weight is 203 g/mol. The average Bonchev–Trinajstić information content (AvgIpc) is 2.86. The van der Waals surface area contributed by atoms with Gasteiger partial charge < -0.3 is 10.1 Å². The van der Waals surface area contributed by atoms with Crippen molar-refractivity contribution in [3.63, 3.8) is 0 Å². The molecule has 1 aromatic carbocycles. The molecule has 0 amide bonds. The SMILES string of the molecule is c1ccc2c(c1)CC(CC1CCNC1)O2. The highest BCUT2D eigenvalue weighted by atomic mass is 16.5. The Morgan fingerprint density at radius 2 is 2.27 bits per heavy atom. The van der Waals surface area contributed by atoms with Gasteiger partial charge in [0.05, 0.1) is 0 Å². The molecule has 2 aliphatic rings. The second-order valence-corrected chi connectivity index (χ2v) is 4.65. The Bertz CT molecular complexity index is 319. The second-order valence-electron chi connectivity index (χ2n) is 4.65. The van der Waals surface area contributed by atoms with Crippen molar-refractivity contribution in [3.05, 3.63) is 29.8 Å². The van der Waals surface area contributed by atoms with Gasteiger partial charge in [-0.25, -0.2) is 0 Å². The predicted octanol–water partition coefficient (Wildman–Crippen LogP) is 1.99. The molecule has 2 heterocycles. The van der Waals surface area contributed by atoms with Crippen LogP contribution in [0.1, 0.15) is 18.4 Å². The number of rotatable bonds is 2. The third-order valence-corrected chi connectivity index (χ3v) is 3.47. The smallest absolute Gasteiger partial charge is 0.123 e. The third kappa shape index (κ3) is 1.86. The van der Waals surface area contributed by atoms with Crippen LogP contribution in [0.3, 0.4) is 0 Å². The number of hydrogen-bond acceptors (Lipinski definition) is 2. The van der Waals surface area contributed by atoms with E-state index < -0.39 is 0 Å². The molecule has 2 nitrogen and oxygen atoms in total. The Balaban J connectivity index is 1.63. The van der Waals surface area contributed by atoms with Gasteiger partial charge in [-0.15, -0.1) is 0 Å². The van der Waals surface area contributed by atoms with Crippen LogP contribution in [0.25, 0.3) is 0 Å². The standard InChI is InChI=1S/C13H17NO/c1-2-4-13-11(3-1)8-12(15-13)7-10-5-6-14-9-10/h1-4,10,12,14H,5-9H2. The fraction of sp³-hybridized carbons (Fsp3) is 0.538. The van der Waals surface area contributed by atoms with E-state index in [-0.39, 0.29) is 0 Å². The fourth-order valence-electron chi connectivity index (χ4n) is 2.67. The summed E-state index contributed by atoms with van der Waals surface area (Å²) in [4.78, 5) is 0. The van der Waals surface area contributed by atoms with Crippen molar-refractivity contribution in [3.8, 4) is 5.75 Å². The van der Waals surface area contributed by atoms with Crippen LogP contribution in [0.15, 0.2) is 24.3 Å². The molecule has 0 radical (unpaired) electrons. The maximum absolute atomic E-state index is 5.94. The predicted molar refractivity (Wildman–Crippen MR) is 60.2 cm³/mol. The number of ether oxygens (including phenoxy) is 1. The number of fused-ring (bicyclic) bond motifs is 1. The molecule has 1 saturated heterocycles. The van der Waals surface area contributed by atoms with Crippen molar-refractivity contribution in [2.24, 2.45) is 5.92 Å². The Hall–Kier alpha value is -1.02. The summed E-state index contributed by atoms with van der Waals surface area (Å²) in [6.07, 6.45) is 4.05. The molecule has 0 bridgehead atoms. The molecule has 2 atom stereocenters. The summed E-state index contributed by atoms with van der Waals surface area (Å²) in [7, 11) is 0. The van der Waals surface area contributed by atoms with Gasteiger partial charge in [0.1, 0.15) is 11.9 Å². The van der Waals surface area contributed by atoms with Gasteiger partial charge in [-0.2, -0.15) is 0 Å². The van der Waals surface area contributed by atoms with E-state index >= 15 is 0 Å². The van der Waals surface area contributed by atoms with Crippen LogP contribution in [0.5, 0.6) is 5.75 Å². The molecule has 0 aromatic heterocycles. The molecule has 80 valence electrons. The van der Waals surface area contributed by atoms with Crippen molar-refractivity contribution in [1.82, 2.24) is 5.32 Å². The molecular weight excluding hydrogens is 186 g/mol. The zero-order valence-electron chi connectivity index (χ0n) is 8.91. The topological polar surface area (TPSA) is 21.3 Å². The largest absolute Gasteiger partial charge is 0.490 e. The van der Waals surface area contributed by atoms with Gasteiger partial charge in [-0.05, 0) is 43.5 Å². The van der Waals surface area contributed by atoms with E-state index in [4.69, 9.17) is 4.74 Å². The molecule has 1 fully saturated rings. The first-order chi connectivity index (χ1) is 7.42. The minimum atomic E-state index is 0.423. The fourth-order valence-corrected chi connectivity index (χ4v) is 2.67. The van der Waals surface area contributed by atoms with Gasteiger partial charge in [-0.1, -0.05) is 18.2 Å². The zero-order chi connectivity index (χ0) is 10.1. The number of para-hydroxylation sites is 1. The minimum absolute atomic E-state index is 0.423. The Morgan fingerprint density at radius 1 is 1.33 bits per heavy atom. The van der Waals surface area contributed by atoms with Crippen molar-refractivity contribution in [2.45, 2.75) is 25.4 Å². The van der Waals surface area contributed by atoms with Crippen LogP contribution in [-0.4, -0.2) is 19.2 Å². The molecule has 1 aromatic rings. The molecular formula is C13H17NO. The summed E-state index contributed by atoms with van der Waals surface area (Å²) in [6.45, 7) is 2.36. The monoisotopic (exact) mass is 203 g/mol. The van der Waals surface area contributed by atoms with Gasteiger partial charge >= 0.3 is 0 Å². The van der Waals surface area contributed by atoms with E-state index in [9.17, 15) is 0 Å². The van der Waals surface area contributed by atoms with Crippen LogP contribution < -0.4 is 10.1 Å². The Kier molecular flexibility index (Phi) is 2.37. The van der Waals surface area contributed by atoms with Crippen molar-refractivity contribution in [2.75, 3.05) is 13.1 Å². The molecule has 2 heteroatoms. The molecule has 2 unspecified atom stereocenters. The summed E-state index contributed by atoms with van der Waals surface area (Å²) in [5.74, 6) is 1.93. The molecule has 3 rings (SSSR count). The van der Waals surface area contributed by atoms with E-state index in [0.29, 0.717) is 6.10 Å². The van der Waals surface area contributed by atoms with Gasteiger partial charge in [0, 0.05) is 6.42 Å². The summed E-state index contributed by atoms with van der Waals surface area (Å²) >= 11 is 0. The van der Waals surface area contributed by atoms with Crippen LogP contribution in [0, 0.1) is 5.92 Å². The van der Waals surface area contributed by atoms with Crippen LogP contribution in [-0.2, 0) is 6.42 Å². The van der Waals surface area contributed by atoms with E-state index in [1.165, 1.54) is 31.5 Å².